The highest BCUT2D eigenvalue weighted by molar-refractivity contribution is 5.90. The highest BCUT2D eigenvalue weighted by atomic mass is 16.6. The third-order valence-electron chi connectivity index (χ3n) is 11.0. The Kier molecular flexibility index (Phi) is 8.81. The summed E-state index contributed by atoms with van der Waals surface area (Å²) < 4.78 is 35.6. The average molecular weight is 676 g/mol. The summed E-state index contributed by atoms with van der Waals surface area (Å²) in [5, 5.41) is 12.3. The highest BCUT2D eigenvalue weighted by Crippen LogP contribution is 2.67. The summed E-state index contributed by atoms with van der Waals surface area (Å²) in [6, 6.07) is 11.5. The number of hydrogen-bond acceptors (Lipinski definition) is 12. The molecule has 0 bridgehead atoms. The number of rotatable bonds is 7. The number of nitrogens with zero attached hydrogens (tertiary/aromatic N) is 1. The monoisotopic (exact) mass is 675 g/mol. The van der Waals surface area contributed by atoms with Gasteiger partial charge in [-0.2, -0.15) is 0 Å². The summed E-state index contributed by atoms with van der Waals surface area (Å²) in [4.78, 5) is 56.1. The van der Waals surface area contributed by atoms with Gasteiger partial charge in [0.05, 0.1) is 18.8 Å². The molecular formula is C37H41NO11. The van der Waals surface area contributed by atoms with Crippen LogP contribution in [0.2, 0.25) is 0 Å². The van der Waals surface area contributed by atoms with E-state index in [-0.39, 0.29) is 35.7 Å². The number of aliphatic hydroxyl groups is 1. The van der Waals surface area contributed by atoms with Gasteiger partial charge in [0.1, 0.15) is 47.2 Å². The van der Waals surface area contributed by atoms with Crippen LogP contribution in [0.4, 0.5) is 0 Å². The first-order chi connectivity index (χ1) is 23.2. The fraction of sp³-hybridized carbons (Fsp3) is 0.486. The van der Waals surface area contributed by atoms with Crippen LogP contribution in [0.1, 0.15) is 75.9 Å². The molecule has 1 aliphatic heterocycles. The molecule has 2 fully saturated rings. The molecule has 6 rings (SSSR count). The molecule has 12 heteroatoms. The van der Waals surface area contributed by atoms with Crippen LogP contribution in [0, 0.1) is 22.7 Å². The number of hydrogen-bond donors (Lipinski definition) is 1. The van der Waals surface area contributed by atoms with Crippen LogP contribution in [0.5, 0.6) is 11.5 Å². The Bertz CT molecular complexity index is 1820. The number of carbonyl (C=O) groups excluding carboxylic acids is 3. The third-order valence-corrected chi connectivity index (χ3v) is 11.0. The summed E-state index contributed by atoms with van der Waals surface area (Å²) >= 11 is 0. The van der Waals surface area contributed by atoms with Gasteiger partial charge in [0.2, 0.25) is 0 Å². The molecular weight excluding hydrogens is 634 g/mol. The van der Waals surface area contributed by atoms with Crippen molar-refractivity contribution in [2.75, 3.05) is 13.7 Å². The van der Waals surface area contributed by atoms with Gasteiger partial charge in [0.15, 0.2) is 0 Å². The van der Waals surface area contributed by atoms with Crippen LogP contribution in [-0.4, -0.2) is 59.5 Å². The molecule has 3 aromatic rings. The Morgan fingerprint density at radius 1 is 1.02 bits per heavy atom. The number of aromatic nitrogens is 1. The molecule has 0 amide bonds. The van der Waals surface area contributed by atoms with Crippen molar-refractivity contribution < 1.29 is 47.6 Å². The molecule has 3 aliphatic rings. The number of fused-ring (bicyclic) bond motifs is 4. The minimum atomic E-state index is -1.40. The summed E-state index contributed by atoms with van der Waals surface area (Å²) in [6.07, 6.45) is 1.15. The lowest BCUT2D eigenvalue weighted by Gasteiger charge is -2.66. The molecule has 0 saturated heterocycles. The number of aliphatic hydroxyl groups excluding tert-OH is 1. The Hall–Kier alpha value is -4.71. The van der Waals surface area contributed by atoms with E-state index >= 15 is 0 Å². The van der Waals surface area contributed by atoms with Crippen LogP contribution in [-0.2, 0) is 23.8 Å². The number of benzene rings is 1. The van der Waals surface area contributed by atoms with Crippen LogP contribution >= 0.6 is 0 Å². The normalized spacial score (nSPS) is 31.5. The molecule has 2 aliphatic carbocycles. The van der Waals surface area contributed by atoms with Crippen molar-refractivity contribution in [1.82, 2.24) is 4.98 Å². The summed E-state index contributed by atoms with van der Waals surface area (Å²) in [5.41, 5.74) is -3.16. The van der Waals surface area contributed by atoms with Crippen LogP contribution in [0.25, 0.3) is 11.3 Å². The largest absolute Gasteiger partial charge is 0.497 e. The van der Waals surface area contributed by atoms with Crippen molar-refractivity contribution in [3.8, 4) is 22.8 Å². The maximum absolute atomic E-state index is 13.8. The lowest BCUT2D eigenvalue weighted by molar-refractivity contribution is -0.266. The molecule has 260 valence electrons. The molecule has 0 radical (unpaired) electrons. The topological polar surface area (TPSA) is 161 Å². The van der Waals surface area contributed by atoms with Gasteiger partial charge in [-0.3, -0.25) is 14.6 Å². The quantitative estimate of drug-likeness (QED) is 0.262. The number of pyridine rings is 1. The predicted molar refractivity (Wildman–Crippen MR) is 174 cm³/mol. The number of esters is 3. The SMILES string of the molecule is COc1cccc(C(=O)O[C@H]2CC3[C@](C)(CC[C@H](OC(C)=O)[C@]3(C)COC(C)=O)C3[C@@H](O)c4c(cc(-c5cccnc5)oc4=O)O[C@@]32C)c1. The predicted octanol–water partition coefficient (Wildman–Crippen LogP) is 5.06. The van der Waals surface area contributed by atoms with Crippen molar-refractivity contribution in [2.24, 2.45) is 22.7 Å². The van der Waals surface area contributed by atoms with Gasteiger partial charge in [0, 0.05) is 49.2 Å². The summed E-state index contributed by atoms with van der Waals surface area (Å²) in [5.74, 6) is -2.14. The molecule has 2 saturated carbocycles. The Morgan fingerprint density at radius 2 is 1.80 bits per heavy atom. The fourth-order valence-corrected chi connectivity index (χ4v) is 8.78. The van der Waals surface area contributed by atoms with E-state index in [9.17, 15) is 24.3 Å². The van der Waals surface area contributed by atoms with Crippen LogP contribution < -0.4 is 15.1 Å². The maximum Gasteiger partial charge on any atom is 0.345 e. The van der Waals surface area contributed by atoms with E-state index in [1.807, 2.05) is 13.8 Å². The van der Waals surface area contributed by atoms with Gasteiger partial charge < -0.3 is 33.2 Å². The van der Waals surface area contributed by atoms with E-state index in [0.717, 1.165) is 0 Å². The second-order valence-corrected chi connectivity index (χ2v) is 14.0. The second kappa shape index (κ2) is 12.6. The van der Waals surface area contributed by atoms with Crippen molar-refractivity contribution in [3.63, 3.8) is 0 Å². The zero-order valence-corrected chi connectivity index (χ0v) is 28.4. The van der Waals surface area contributed by atoms with E-state index < -0.39 is 70.1 Å². The lowest BCUT2D eigenvalue weighted by Crippen LogP contribution is -2.71. The van der Waals surface area contributed by atoms with Crippen molar-refractivity contribution in [3.05, 3.63) is 76.4 Å². The second-order valence-electron chi connectivity index (χ2n) is 14.0. The Morgan fingerprint density at radius 3 is 2.47 bits per heavy atom. The van der Waals surface area contributed by atoms with E-state index in [1.54, 1.807) is 61.8 Å². The van der Waals surface area contributed by atoms with Gasteiger partial charge in [0.25, 0.3) is 0 Å². The lowest BCUT2D eigenvalue weighted by atomic mass is 9.42. The number of carbonyl (C=O) groups is 3. The molecule has 8 atom stereocenters. The summed E-state index contributed by atoms with van der Waals surface area (Å²) in [7, 11) is 1.50. The van der Waals surface area contributed by atoms with E-state index in [4.69, 9.17) is 28.1 Å². The first-order valence-electron chi connectivity index (χ1n) is 16.3. The maximum atomic E-state index is 13.8. The van der Waals surface area contributed by atoms with Crippen molar-refractivity contribution >= 4 is 17.9 Å². The molecule has 1 N–H and O–H groups in total. The van der Waals surface area contributed by atoms with Crippen molar-refractivity contribution in [1.29, 1.82) is 0 Å². The molecule has 0 spiro atoms. The minimum Gasteiger partial charge on any atom is -0.497 e. The zero-order chi connectivity index (χ0) is 35.3. The zero-order valence-electron chi connectivity index (χ0n) is 28.4. The van der Waals surface area contributed by atoms with Gasteiger partial charge >= 0.3 is 23.5 Å². The number of methoxy groups -OCH3 is 1. The molecule has 2 aromatic heterocycles. The van der Waals surface area contributed by atoms with E-state index in [2.05, 4.69) is 4.98 Å². The van der Waals surface area contributed by atoms with Crippen molar-refractivity contribution in [2.45, 2.75) is 77.8 Å². The molecule has 3 heterocycles. The van der Waals surface area contributed by atoms with Gasteiger partial charge in [-0.15, -0.1) is 0 Å². The number of ether oxygens (including phenoxy) is 5. The average Bonchev–Trinajstić information content (AvgIpc) is 3.06. The van der Waals surface area contributed by atoms with Crippen LogP contribution in [0.15, 0.2) is 64.1 Å². The van der Waals surface area contributed by atoms with Gasteiger partial charge in [-0.25, -0.2) is 9.59 Å². The third kappa shape index (κ3) is 5.85. The Labute approximate surface area is 283 Å². The fourth-order valence-electron chi connectivity index (χ4n) is 8.78. The van der Waals surface area contributed by atoms with E-state index in [1.165, 1.54) is 21.0 Å². The summed E-state index contributed by atoms with van der Waals surface area (Å²) in [6.45, 7) is 8.20. The molecule has 49 heavy (non-hydrogen) atoms. The van der Waals surface area contributed by atoms with Gasteiger partial charge in [-0.05, 0) is 67.9 Å². The first kappa shape index (κ1) is 34.2. The van der Waals surface area contributed by atoms with Crippen LogP contribution in [0.3, 0.4) is 0 Å². The first-order valence-corrected chi connectivity index (χ1v) is 16.3. The smallest absolute Gasteiger partial charge is 0.345 e. The minimum absolute atomic E-state index is 0.0429. The van der Waals surface area contributed by atoms with E-state index in [0.29, 0.717) is 24.2 Å². The highest BCUT2D eigenvalue weighted by Gasteiger charge is 2.71. The molecule has 2 unspecified atom stereocenters. The Balaban J connectivity index is 1.50. The van der Waals surface area contributed by atoms with Gasteiger partial charge in [-0.1, -0.05) is 19.9 Å². The molecule has 12 nitrogen and oxygen atoms in total. The molecule has 1 aromatic carbocycles. The standard InChI is InChI=1S/C37H41NO11/c1-20(39)45-19-36(4)27-17-29(48-33(42)22-9-7-11-24(15-22)44-6)37(5)32(35(27,3)13-12-28(36)46-21(2)40)31(41)30-26(49-37)16-25(47-34(30)43)23-10-8-14-38-18-23/h7-11,14-16,18,27-29,31-32,41H,12-13,17,19H2,1-6H3/t27?,28-,29-,31-,32?,35-,36+,37+/m0/s1.